The van der Waals surface area contributed by atoms with Gasteiger partial charge >= 0.3 is 0 Å². The summed E-state index contributed by atoms with van der Waals surface area (Å²) in [5.41, 5.74) is 0. The lowest BCUT2D eigenvalue weighted by molar-refractivity contribution is 0.00426. The molecule has 2 fully saturated rings. The standard InChI is InChI=1S/C11H20N2O/c1-2-12-5-3-11(4-6-12)13-7-9-14-10-8-13/h2,11H,1,3-10H2. The summed E-state index contributed by atoms with van der Waals surface area (Å²) in [5, 5.41) is 0. The molecule has 0 bridgehead atoms. The van der Waals surface area contributed by atoms with E-state index in [0.717, 1.165) is 32.3 Å². The Hall–Kier alpha value is -0.540. The Morgan fingerprint density at radius 2 is 1.71 bits per heavy atom. The normalized spacial score (nSPS) is 26.4. The molecule has 0 atom stereocenters. The number of ether oxygens (including phenoxy) is 1. The van der Waals surface area contributed by atoms with Gasteiger partial charge in [0.1, 0.15) is 0 Å². The Labute approximate surface area is 86.3 Å². The van der Waals surface area contributed by atoms with Crippen LogP contribution in [0.2, 0.25) is 0 Å². The zero-order valence-corrected chi connectivity index (χ0v) is 8.82. The van der Waals surface area contributed by atoms with Crippen LogP contribution in [0.4, 0.5) is 0 Å². The van der Waals surface area contributed by atoms with Gasteiger partial charge in [-0.2, -0.15) is 0 Å². The Morgan fingerprint density at radius 1 is 1.07 bits per heavy atom. The fourth-order valence-corrected chi connectivity index (χ4v) is 2.38. The first-order chi connectivity index (χ1) is 6.90. The maximum Gasteiger partial charge on any atom is 0.0594 e. The molecule has 0 amide bonds. The molecule has 0 aromatic heterocycles. The molecule has 2 aliphatic heterocycles. The van der Waals surface area contributed by atoms with Gasteiger partial charge in [0.2, 0.25) is 0 Å². The highest BCUT2D eigenvalue weighted by Crippen LogP contribution is 2.17. The largest absolute Gasteiger partial charge is 0.379 e. The van der Waals surface area contributed by atoms with Crippen LogP contribution in [0.25, 0.3) is 0 Å². The van der Waals surface area contributed by atoms with Gasteiger partial charge in [-0.15, -0.1) is 0 Å². The van der Waals surface area contributed by atoms with Crippen molar-refractivity contribution in [2.45, 2.75) is 18.9 Å². The highest BCUT2D eigenvalue weighted by Gasteiger charge is 2.24. The maximum absolute atomic E-state index is 5.36. The number of hydrogen-bond acceptors (Lipinski definition) is 3. The number of likely N-dealkylation sites (tertiary alicyclic amines) is 1. The highest BCUT2D eigenvalue weighted by molar-refractivity contribution is 4.84. The van der Waals surface area contributed by atoms with Crippen molar-refractivity contribution < 1.29 is 4.74 Å². The second-order valence-corrected chi connectivity index (χ2v) is 4.10. The third-order valence-corrected chi connectivity index (χ3v) is 3.32. The third-order valence-electron chi connectivity index (χ3n) is 3.32. The molecule has 3 heteroatoms. The molecule has 80 valence electrons. The van der Waals surface area contributed by atoms with E-state index in [1.54, 1.807) is 0 Å². The molecule has 2 saturated heterocycles. The van der Waals surface area contributed by atoms with Crippen LogP contribution >= 0.6 is 0 Å². The summed E-state index contributed by atoms with van der Waals surface area (Å²) in [7, 11) is 0. The van der Waals surface area contributed by atoms with E-state index in [1.165, 1.54) is 25.9 Å². The van der Waals surface area contributed by atoms with Crippen molar-refractivity contribution >= 4 is 0 Å². The summed E-state index contributed by atoms with van der Waals surface area (Å²) in [4.78, 5) is 4.90. The van der Waals surface area contributed by atoms with E-state index in [1.807, 2.05) is 6.20 Å². The molecule has 0 aromatic rings. The molecule has 0 unspecified atom stereocenters. The van der Waals surface area contributed by atoms with Gasteiger partial charge in [0.25, 0.3) is 0 Å². The Bertz CT molecular complexity index is 182. The van der Waals surface area contributed by atoms with Gasteiger partial charge < -0.3 is 9.64 Å². The van der Waals surface area contributed by atoms with E-state index < -0.39 is 0 Å². The van der Waals surface area contributed by atoms with E-state index in [2.05, 4.69) is 16.4 Å². The van der Waals surface area contributed by atoms with Crippen molar-refractivity contribution in [3.63, 3.8) is 0 Å². The van der Waals surface area contributed by atoms with Crippen LogP contribution in [0.5, 0.6) is 0 Å². The van der Waals surface area contributed by atoms with Crippen LogP contribution in [-0.4, -0.2) is 55.2 Å². The lowest BCUT2D eigenvalue weighted by atomic mass is 10.0. The first-order valence-corrected chi connectivity index (χ1v) is 5.58. The first-order valence-electron chi connectivity index (χ1n) is 5.58. The van der Waals surface area contributed by atoms with Crippen molar-refractivity contribution in [3.8, 4) is 0 Å². The molecule has 0 aromatic carbocycles. The SMILES string of the molecule is C=CN1CCC(N2CCOCC2)CC1. The molecule has 2 rings (SSSR count). The van der Waals surface area contributed by atoms with Crippen molar-refractivity contribution in [2.24, 2.45) is 0 Å². The molecule has 0 saturated carbocycles. The number of hydrogen-bond donors (Lipinski definition) is 0. The molecular weight excluding hydrogens is 176 g/mol. The minimum absolute atomic E-state index is 0.787. The number of rotatable bonds is 2. The second-order valence-electron chi connectivity index (χ2n) is 4.10. The predicted octanol–water partition coefficient (Wildman–Crippen LogP) is 0.926. The number of piperidine rings is 1. The van der Waals surface area contributed by atoms with Crippen LogP contribution in [0.15, 0.2) is 12.8 Å². The summed E-state index contributed by atoms with van der Waals surface area (Å²) in [5.74, 6) is 0. The fraction of sp³-hybridized carbons (Fsp3) is 0.818. The molecule has 2 aliphatic rings. The zero-order chi connectivity index (χ0) is 9.80. The number of nitrogens with zero attached hydrogens (tertiary/aromatic N) is 2. The van der Waals surface area contributed by atoms with E-state index in [4.69, 9.17) is 4.74 Å². The Balaban J connectivity index is 1.78. The topological polar surface area (TPSA) is 15.7 Å². The van der Waals surface area contributed by atoms with Crippen LogP contribution in [0, 0.1) is 0 Å². The van der Waals surface area contributed by atoms with Crippen molar-refractivity contribution in [1.29, 1.82) is 0 Å². The molecule has 0 spiro atoms. The lowest BCUT2D eigenvalue weighted by Crippen LogP contribution is -2.48. The lowest BCUT2D eigenvalue weighted by Gasteiger charge is -2.39. The Morgan fingerprint density at radius 3 is 2.29 bits per heavy atom. The van der Waals surface area contributed by atoms with Gasteiger partial charge in [-0.05, 0) is 19.0 Å². The molecule has 3 nitrogen and oxygen atoms in total. The highest BCUT2D eigenvalue weighted by atomic mass is 16.5. The average molecular weight is 196 g/mol. The monoisotopic (exact) mass is 196 g/mol. The van der Waals surface area contributed by atoms with Gasteiger partial charge in [0.05, 0.1) is 13.2 Å². The summed E-state index contributed by atoms with van der Waals surface area (Å²) in [6.45, 7) is 10.2. The zero-order valence-electron chi connectivity index (χ0n) is 8.82. The van der Waals surface area contributed by atoms with Gasteiger partial charge in [-0.25, -0.2) is 0 Å². The first kappa shape index (κ1) is 9.99. The second kappa shape index (κ2) is 4.80. The summed E-state index contributed by atoms with van der Waals surface area (Å²) in [6, 6.07) is 0.787. The molecule has 2 heterocycles. The summed E-state index contributed by atoms with van der Waals surface area (Å²) >= 11 is 0. The minimum Gasteiger partial charge on any atom is -0.379 e. The van der Waals surface area contributed by atoms with E-state index in [-0.39, 0.29) is 0 Å². The van der Waals surface area contributed by atoms with Crippen molar-refractivity contribution in [2.75, 3.05) is 39.4 Å². The van der Waals surface area contributed by atoms with E-state index >= 15 is 0 Å². The van der Waals surface area contributed by atoms with Crippen LogP contribution in [-0.2, 0) is 4.74 Å². The van der Waals surface area contributed by atoms with E-state index in [0.29, 0.717) is 0 Å². The average Bonchev–Trinajstić information content (AvgIpc) is 2.30. The van der Waals surface area contributed by atoms with Crippen LogP contribution < -0.4 is 0 Å². The predicted molar refractivity (Wildman–Crippen MR) is 57.2 cm³/mol. The minimum atomic E-state index is 0.787. The number of morpholine rings is 1. The Kier molecular flexibility index (Phi) is 3.43. The van der Waals surface area contributed by atoms with Crippen molar-refractivity contribution in [1.82, 2.24) is 9.80 Å². The molecule has 0 radical (unpaired) electrons. The van der Waals surface area contributed by atoms with Crippen molar-refractivity contribution in [3.05, 3.63) is 12.8 Å². The molecular formula is C11H20N2O. The van der Waals surface area contributed by atoms with Crippen LogP contribution in [0.1, 0.15) is 12.8 Å². The van der Waals surface area contributed by atoms with Gasteiger partial charge in [-0.1, -0.05) is 6.58 Å². The van der Waals surface area contributed by atoms with E-state index in [9.17, 15) is 0 Å². The summed E-state index contributed by atoms with van der Waals surface area (Å²) < 4.78 is 5.36. The fourth-order valence-electron chi connectivity index (χ4n) is 2.38. The van der Waals surface area contributed by atoms with Gasteiger partial charge in [-0.3, -0.25) is 4.90 Å². The van der Waals surface area contributed by atoms with Gasteiger partial charge in [0, 0.05) is 32.2 Å². The maximum atomic E-state index is 5.36. The quantitative estimate of drug-likeness (QED) is 0.653. The smallest absolute Gasteiger partial charge is 0.0594 e. The van der Waals surface area contributed by atoms with Gasteiger partial charge in [0.15, 0.2) is 0 Å². The molecule has 14 heavy (non-hydrogen) atoms. The molecule has 0 N–H and O–H groups in total. The third kappa shape index (κ3) is 2.28. The summed E-state index contributed by atoms with van der Waals surface area (Å²) in [6.07, 6.45) is 4.54. The van der Waals surface area contributed by atoms with Crippen LogP contribution in [0.3, 0.4) is 0 Å². The molecule has 0 aliphatic carbocycles.